The minimum atomic E-state index is -4.16. The lowest BCUT2D eigenvalue weighted by molar-refractivity contribution is -0.102. The Hall–Kier alpha value is -2.70. The SMILES string of the molecule is CC1OCC1(C#N)NS(=O)(=O)c1cc(N2C[C@H](C)N[C@@H](C)C2)c2ccc(-c3nnc(C(F)F)s3)n2c1. The Kier molecular flexibility index (Phi) is 6.24. The summed E-state index contributed by atoms with van der Waals surface area (Å²) < 4.78 is 62.8. The van der Waals surface area contributed by atoms with Gasteiger partial charge >= 0.3 is 0 Å². The summed E-state index contributed by atoms with van der Waals surface area (Å²) in [6, 6.07) is 7.47. The van der Waals surface area contributed by atoms with E-state index in [0.29, 0.717) is 30.0 Å². The minimum absolute atomic E-state index is 0.0538. The molecule has 5 heterocycles. The van der Waals surface area contributed by atoms with Gasteiger partial charge in [-0.3, -0.25) is 0 Å². The van der Waals surface area contributed by atoms with Gasteiger partial charge in [-0.05, 0) is 39.0 Å². The standard InChI is InChI=1S/C22H25F2N7O3S2/c1-12-7-30(8-13(2)26-12)18-6-15(36(32,33)29-22(10-25)11-34-14(22)3)9-31-16(18)4-5-17(31)20-27-28-21(35-20)19(23)24/h4-6,9,12-14,19,26,29H,7-8,11H2,1-3H3/t12-,13-,14?,22?/m0/s1. The Bertz CT molecular complexity index is 1440. The Balaban J connectivity index is 1.66. The third-order valence-electron chi connectivity index (χ3n) is 6.54. The average Bonchev–Trinajstić information content (AvgIpc) is 3.47. The Morgan fingerprint density at radius 2 is 2.00 bits per heavy atom. The fraction of sp³-hybridized carbons (Fsp3) is 0.500. The molecule has 0 spiro atoms. The van der Waals surface area contributed by atoms with Crippen LogP contribution in [0.15, 0.2) is 29.3 Å². The van der Waals surface area contributed by atoms with Gasteiger partial charge in [0.1, 0.15) is 4.90 Å². The van der Waals surface area contributed by atoms with E-state index < -0.39 is 33.1 Å². The highest BCUT2D eigenvalue weighted by molar-refractivity contribution is 7.89. The molecule has 2 unspecified atom stereocenters. The Labute approximate surface area is 210 Å². The van der Waals surface area contributed by atoms with Crippen LogP contribution in [0.5, 0.6) is 0 Å². The number of rotatable bonds is 6. The van der Waals surface area contributed by atoms with Gasteiger partial charge < -0.3 is 19.4 Å². The van der Waals surface area contributed by atoms with Crippen molar-refractivity contribution >= 4 is 32.6 Å². The van der Waals surface area contributed by atoms with Crippen LogP contribution in [-0.4, -0.2) is 66.4 Å². The first-order valence-corrected chi connectivity index (χ1v) is 13.7. The van der Waals surface area contributed by atoms with Gasteiger partial charge in [-0.2, -0.15) is 9.98 Å². The number of hydrogen-bond donors (Lipinski definition) is 2. The third kappa shape index (κ3) is 4.24. The van der Waals surface area contributed by atoms with Crippen molar-refractivity contribution in [3.63, 3.8) is 0 Å². The van der Waals surface area contributed by atoms with Gasteiger partial charge in [0.2, 0.25) is 10.0 Å². The van der Waals surface area contributed by atoms with E-state index in [4.69, 9.17) is 4.74 Å². The van der Waals surface area contributed by atoms with Crippen LogP contribution in [0.25, 0.3) is 16.2 Å². The topological polar surface area (TPSA) is 125 Å². The second-order valence-electron chi connectivity index (χ2n) is 9.30. The molecule has 4 atom stereocenters. The fourth-order valence-electron chi connectivity index (χ4n) is 4.67. The number of pyridine rings is 1. The van der Waals surface area contributed by atoms with Crippen molar-refractivity contribution in [1.29, 1.82) is 5.26 Å². The molecule has 0 amide bonds. The molecule has 2 aliphatic rings. The molecule has 14 heteroatoms. The quantitative estimate of drug-likeness (QED) is 0.492. The number of nitriles is 1. The van der Waals surface area contributed by atoms with Gasteiger partial charge in [0.25, 0.3) is 6.43 Å². The highest BCUT2D eigenvalue weighted by atomic mass is 32.2. The number of sulfonamides is 1. The summed E-state index contributed by atoms with van der Waals surface area (Å²) in [7, 11) is -4.16. The molecule has 36 heavy (non-hydrogen) atoms. The van der Waals surface area contributed by atoms with E-state index >= 15 is 0 Å². The molecule has 0 saturated carbocycles. The zero-order valence-corrected chi connectivity index (χ0v) is 21.4. The van der Waals surface area contributed by atoms with E-state index in [1.165, 1.54) is 6.20 Å². The predicted octanol–water partition coefficient (Wildman–Crippen LogP) is 2.54. The summed E-state index contributed by atoms with van der Waals surface area (Å²) in [6.45, 7) is 6.95. The summed E-state index contributed by atoms with van der Waals surface area (Å²) in [5.41, 5.74) is 0.456. The summed E-state index contributed by atoms with van der Waals surface area (Å²) >= 11 is 0.754. The Morgan fingerprint density at radius 3 is 2.56 bits per heavy atom. The molecule has 2 aliphatic heterocycles. The number of aromatic nitrogens is 3. The molecule has 0 aromatic carbocycles. The first-order chi connectivity index (χ1) is 17.0. The molecule has 2 fully saturated rings. The van der Waals surface area contributed by atoms with Gasteiger partial charge in [-0.15, -0.1) is 10.2 Å². The zero-order valence-electron chi connectivity index (χ0n) is 19.8. The lowest BCUT2D eigenvalue weighted by Crippen LogP contribution is -2.66. The molecule has 3 aromatic heterocycles. The van der Waals surface area contributed by atoms with Crippen molar-refractivity contribution in [2.75, 3.05) is 24.6 Å². The second kappa shape index (κ2) is 9.00. The van der Waals surface area contributed by atoms with E-state index in [1.54, 1.807) is 23.5 Å². The van der Waals surface area contributed by atoms with E-state index in [-0.39, 0.29) is 28.6 Å². The number of ether oxygens (including phenoxy) is 1. The minimum Gasteiger partial charge on any atom is -0.372 e. The van der Waals surface area contributed by atoms with E-state index in [9.17, 15) is 22.5 Å². The largest absolute Gasteiger partial charge is 0.372 e. The number of alkyl halides is 2. The maximum absolute atomic E-state index is 13.5. The van der Waals surface area contributed by atoms with Crippen LogP contribution in [0.3, 0.4) is 0 Å². The lowest BCUT2D eigenvalue weighted by Gasteiger charge is -2.42. The molecule has 5 rings (SSSR count). The molecule has 3 aromatic rings. The van der Waals surface area contributed by atoms with Crippen molar-refractivity contribution in [2.24, 2.45) is 0 Å². The number of halogens is 2. The van der Waals surface area contributed by atoms with Crippen LogP contribution in [0, 0.1) is 11.3 Å². The second-order valence-corrected chi connectivity index (χ2v) is 12.0. The summed E-state index contributed by atoms with van der Waals surface area (Å²) in [5.74, 6) is 0. The molecule has 192 valence electrons. The van der Waals surface area contributed by atoms with Gasteiger partial charge in [0.05, 0.1) is 35.7 Å². The normalized spacial score (nSPS) is 26.8. The van der Waals surface area contributed by atoms with E-state index in [2.05, 4.69) is 25.1 Å². The van der Waals surface area contributed by atoms with Gasteiger partial charge in [0, 0.05) is 31.4 Å². The summed E-state index contributed by atoms with van der Waals surface area (Å²) in [4.78, 5) is 2.04. The smallest absolute Gasteiger partial charge is 0.291 e. The van der Waals surface area contributed by atoms with Crippen molar-refractivity contribution in [2.45, 2.75) is 55.8 Å². The van der Waals surface area contributed by atoms with E-state index in [0.717, 1.165) is 11.3 Å². The molecule has 0 radical (unpaired) electrons. The average molecular weight is 538 g/mol. The Morgan fingerprint density at radius 1 is 1.28 bits per heavy atom. The summed E-state index contributed by atoms with van der Waals surface area (Å²) in [5, 5.41) is 20.4. The van der Waals surface area contributed by atoms with E-state index in [1.807, 2.05) is 26.0 Å². The van der Waals surface area contributed by atoms with Gasteiger partial charge in [-0.25, -0.2) is 17.2 Å². The maximum atomic E-state index is 13.5. The van der Waals surface area contributed by atoms with Crippen LogP contribution in [0.1, 0.15) is 32.2 Å². The van der Waals surface area contributed by atoms with Crippen LogP contribution < -0.4 is 14.9 Å². The van der Waals surface area contributed by atoms with Crippen molar-refractivity contribution in [3.05, 3.63) is 29.4 Å². The van der Waals surface area contributed by atoms with Crippen molar-refractivity contribution in [3.8, 4) is 16.8 Å². The molecule has 2 N–H and O–H groups in total. The fourth-order valence-corrected chi connectivity index (χ4v) is 6.77. The van der Waals surface area contributed by atoms with Crippen LogP contribution >= 0.6 is 11.3 Å². The third-order valence-corrected chi connectivity index (χ3v) is 8.97. The van der Waals surface area contributed by atoms with Gasteiger partial charge in [0.15, 0.2) is 15.6 Å². The molecular weight excluding hydrogens is 512 g/mol. The number of anilines is 1. The number of fused-ring (bicyclic) bond motifs is 1. The number of hydrogen-bond acceptors (Lipinski definition) is 9. The monoisotopic (exact) mass is 537 g/mol. The number of piperazine rings is 1. The molecule has 0 bridgehead atoms. The highest BCUT2D eigenvalue weighted by Crippen LogP contribution is 2.36. The predicted molar refractivity (Wildman–Crippen MR) is 130 cm³/mol. The van der Waals surface area contributed by atoms with Crippen molar-refractivity contribution < 1.29 is 21.9 Å². The molecule has 0 aliphatic carbocycles. The number of nitrogens with zero attached hydrogens (tertiary/aromatic N) is 5. The van der Waals surface area contributed by atoms with Crippen LogP contribution in [0.2, 0.25) is 0 Å². The zero-order chi connectivity index (χ0) is 25.8. The number of nitrogens with one attached hydrogen (secondary N) is 2. The highest BCUT2D eigenvalue weighted by Gasteiger charge is 2.49. The lowest BCUT2D eigenvalue weighted by atomic mass is 9.92. The van der Waals surface area contributed by atoms with Gasteiger partial charge in [-0.1, -0.05) is 11.3 Å². The molecule has 2 saturated heterocycles. The maximum Gasteiger partial charge on any atom is 0.291 e. The summed E-state index contributed by atoms with van der Waals surface area (Å²) in [6.07, 6.45) is -1.94. The molecule has 10 nitrogen and oxygen atoms in total. The van der Waals surface area contributed by atoms with Crippen LogP contribution in [-0.2, 0) is 14.8 Å². The molecular formula is C22H25F2N7O3S2. The van der Waals surface area contributed by atoms with Crippen molar-refractivity contribution in [1.82, 2.24) is 24.6 Å². The van der Waals surface area contributed by atoms with Crippen LogP contribution in [0.4, 0.5) is 14.5 Å². The first kappa shape index (κ1) is 25.0. The first-order valence-electron chi connectivity index (χ1n) is 11.4.